The summed E-state index contributed by atoms with van der Waals surface area (Å²) in [5.74, 6) is -2.71. The molecule has 0 aliphatic heterocycles. The van der Waals surface area contributed by atoms with E-state index in [0.717, 1.165) is 18.4 Å². The van der Waals surface area contributed by atoms with Gasteiger partial charge in [0.25, 0.3) is 0 Å². The molecule has 2 rings (SSSR count). The fraction of sp³-hybridized carbons (Fsp3) is 0.333. The number of carbonyl (C=O) groups excluding carboxylic acids is 1. The number of hydrogen-bond donors (Lipinski definition) is 1. The second-order valence-corrected chi connectivity index (χ2v) is 10.3. The second kappa shape index (κ2) is 10.8. The maximum Gasteiger partial charge on any atom is 0.408 e. The maximum atomic E-state index is 14.7. The van der Waals surface area contributed by atoms with E-state index in [4.69, 9.17) is 10.00 Å². The summed E-state index contributed by atoms with van der Waals surface area (Å²) < 4.78 is 71.9. The van der Waals surface area contributed by atoms with Crippen molar-refractivity contribution < 1.29 is 31.1 Å². The zero-order valence-corrected chi connectivity index (χ0v) is 19.4. The fourth-order valence-corrected chi connectivity index (χ4v) is 4.21. The van der Waals surface area contributed by atoms with E-state index in [1.165, 1.54) is 0 Å². The number of rotatable bonds is 9. The molecule has 11 heteroatoms. The highest BCUT2D eigenvalue weighted by Crippen LogP contribution is 2.34. The van der Waals surface area contributed by atoms with Crippen molar-refractivity contribution in [2.75, 3.05) is 12.9 Å². The van der Waals surface area contributed by atoms with Crippen LogP contribution in [0.25, 0.3) is 0 Å². The number of alkyl carbamates (subject to hydrolysis) is 1. The lowest BCUT2D eigenvalue weighted by Gasteiger charge is -2.33. The highest BCUT2D eigenvalue weighted by Gasteiger charge is 2.40. The highest BCUT2D eigenvalue weighted by atomic mass is 79.9. The molecule has 0 radical (unpaired) electrons. The number of nitrogens with zero attached hydrogens (tertiary/aromatic N) is 1. The second-order valence-electron chi connectivity index (χ2n) is 7.14. The van der Waals surface area contributed by atoms with E-state index in [1.807, 2.05) is 0 Å². The van der Waals surface area contributed by atoms with E-state index in [1.54, 1.807) is 36.4 Å². The van der Waals surface area contributed by atoms with Gasteiger partial charge in [-0.25, -0.2) is 26.4 Å². The summed E-state index contributed by atoms with van der Waals surface area (Å²) in [4.78, 5) is 12.4. The average molecular weight is 533 g/mol. The molecule has 6 nitrogen and oxygen atoms in total. The Morgan fingerprint density at radius 1 is 1.28 bits per heavy atom. The largest absolute Gasteiger partial charge is 0.445 e. The molecule has 32 heavy (non-hydrogen) atoms. The number of amides is 1. The Balaban J connectivity index is 2.39. The van der Waals surface area contributed by atoms with Crippen molar-refractivity contribution in [3.8, 4) is 6.07 Å². The lowest BCUT2D eigenvalue weighted by atomic mass is 9.85. The number of benzene rings is 2. The van der Waals surface area contributed by atoms with E-state index in [0.29, 0.717) is 5.56 Å². The van der Waals surface area contributed by atoms with Gasteiger partial charge in [0, 0.05) is 16.3 Å². The number of halogens is 4. The Morgan fingerprint density at radius 2 is 1.94 bits per heavy atom. The van der Waals surface area contributed by atoms with Gasteiger partial charge in [0.2, 0.25) is 0 Å². The van der Waals surface area contributed by atoms with Crippen LogP contribution in [0.3, 0.4) is 0 Å². The van der Waals surface area contributed by atoms with Crippen molar-refractivity contribution in [1.82, 2.24) is 5.32 Å². The van der Waals surface area contributed by atoms with E-state index < -0.39 is 63.4 Å². The Morgan fingerprint density at radius 3 is 2.50 bits per heavy atom. The minimum absolute atomic E-state index is 0.0728. The van der Waals surface area contributed by atoms with Gasteiger partial charge in [0.05, 0.1) is 11.6 Å². The Bertz CT molecular complexity index is 1110. The lowest BCUT2D eigenvalue weighted by molar-refractivity contribution is 0.115. The van der Waals surface area contributed by atoms with E-state index >= 15 is 0 Å². The summed E-state index contributed by atoms with van der Waals surface area (Å²) in [5.41, 5.74) is -2.09. The van der Waals surface area contributed by atoms with Crippen molar-refractivity contribution in [2.45, 2.75) is 30.2 Å². The number of alkyl halides is 1. The van der Waals surface area contributed by atoms with Crippen LogP contribution in [0.5, 0.6) is 0 Å². The van der Waals surface area contributed by atoms with Crippen LogP contribution in [0.15, 0.2) is 46.9 Å². The third kappa shape index (κ3) is 6.46. The normalized spacial score (nSPS) is 14.1. The molecule has 0 fully saturated rings. The molecule has 0 aliphatic carbocycles. The van der Waals surface area contributed by atoms with Gasteiger partial charge in [-0.3, -0.25) is 0 Å². The van der Waals surface area contributed by atoms with Gasteiger partial charge in [0.1, 0.15) is 18.5 Å². The monoisotopic (exact) mass is 532 g/mol. The number of ether oxygens (including phenoxy) is 1. The standard InChI is InChI=1S/C21H20BrF3N2O4S/c1-32(29,30)16(11-26)7-8-21(13-23,17-9-15(22)10-18(24)19(17)25)27-20(28)31-12-14-5-3-2-4-6-14/h2-6,9-10,16H,7-8,12-13H2,1H3,(H,27,28)/t16?,21-/m1/s1. The molecule has 0 bridgehead atoms. The number of nitriles is 1. The van der Waals surface area contributed by atoms with Crippen LogP contribution in [0.1, 0.15) is 24.0 Å². The third-order valence-corrected chi connectivity index (χ3v) is 6.62. The molecule has 0 saturated heterocycles. The number of sulfone groups is 1. The van der Waals surface area contributed by atoms with Crippen LogP contribution in [0.4, 0.5) is 18.0 Å². The SMILES string of the molecule is CS(=O)(=O)C(C#N)CC[C@](CF)(NC(=O)OCc1ccccc1)c1cc(Br)cc(F)c1F. The predicted octanol–water partition coefficient (Wildman–Crippen LogP) is 4.54. The summed E-state index contributed by atoms with van der Waals surface area (Å²) in [7, 11) is -3.83. The number of nitrogens with one attached hydrogen (secondary N) is 1. The Kier molecular flexibility index (Phi) is 8.69. The van der Waals surface area contributed by atoms with Crippen LogP contribution >= 0.6 is 15.9 Å². The summed E-state index contributed by atoms with van der Waals surface area (Å²) in [6.45, 7) is -1.59. The molecule has 0 aromatic heterocycles. The average Bonchev–Trinajstić information content (AvgIpc) is 2.74. The quantitative estimate of drug-likeness (QED) is 0.478. The molecule has 2 aromatic rings. The van der Waals surface area contributed by atoms with Crippen molar-refractivity contribution >= 4 is 31.9 Å². The van der Waals surface area contributed by atoms with Crippen LogP contribution in [0.2, 0.25) is 0 Å². The van der Waals surface area contributed by atoms with Gasteiger partial charge in [-0.15, -0.1) is 0 Å². The molecular weight excluding hydrogens is 513 g/mol. The maximum absolute atomic E-state index is 14.7. The number of hydrogen-bond acceptors (Lipinski definition) is 5. The van der Waals surface area contributed by atoms with Crippen LogP contribution in [-0.4, -0.2) is 32.7 Å². The molecule has 2 aromatic carbocycles. The molecule has 1 N–H and O–H groups in total. The van der Waals surface area contributed by atoms with Crippen LogP contribution in [-0.2, 0) is 26.7 Å². The van der Waals surface area contributed by atoms with E-state index in [-0.39, 0.29) is 11.1 Å². The van der Waals surface area contributed by atoms with Crippen molar-refractivity contribution in [3.63, 3.8) is 0 Å². The number of carbonyl (C=O) groups is 1. The topological polar surface area (TPSA) is 96.3 Å². The van der Waals surface area contributed by atoms with Gasteiger partial charge in [-0.1, -0.05) is 46.3 Å². The summed E-state index contributed by atoms with van der Waals surface area (Å²) in [6.07, 6.45) is -1.24. The zero-order valence-electron chi connectivity index (χ0n) is 16.9. The van der Waals surface area contributed by atoms with Crippen molar-refractivity contribution in [3.05, 3.63) is 69.7 Å². The lowest BCUT2D eigenvalue weighted by Crippen LogP contribution is -2.49. The first-order valence-corrected chi connectivity index (χ1v) is 12.1. The molecule has 0 saturated carbocycles. The van der Waals surface area contributed by atoms with Gasteiger partial charge < -0.3 is 10.1 Å². The molecular formula is C21H20BrF3N2O4S. The first-order chi connectivity index (χ1) is 15.0. The fourth-order valence-electron chi connectivity index (χ4n) is 3.05. The highest BCUT2D eigenvalue weighted by molar-refractivity contribution is 9.10. The molecule has 2 atom stereocenters. The van der Waals surface area contributed by atoms with Crippen LogP contribution in [0, 0.1) is 23.0 Å². The van der Waals surface area contributed by atoms with Crippen molar-refractivity contribution in [2.24, 2.45) is 0 Å². The Labute approximate surface area is 192 Å². The van der Waals surface area contributed by atoms with E-state index in [2.05, 4.69) is 21.2 Å². The molecule has 1 amide bonds. The van der Waals surface area contributed by atoms with Crippen LogP contribution < -0.4 is 5.32 Å². The smallest absolute Gasteiger partial charge is 0.408 e. The first kappa shape index (κ1) is 25.7. The van der Waals surface area contributed by atoms with E-state index in [9.17, 15) is 26.4 Å². The van der Waals surface area contributed by atoms with Gasteiger partial charge >= 0.3 is 6.09 Å². The summed E-state index contributed by atoms with van der Waals surface area (Å²) >= 11 is 3.00. The third-order valence-electron chi connectivity index (χ3n) is 4.78. The first-order valence-electron chi connectivity index (χ1n) is 9.30. The summed E-state index contributed by atoms with van der Waals surface area (Å²) in [5, 5.41) is 9.85. The zero-order chi connectivity index (χ0) is 23.9. The van der Waals surface area contributed by atoms with Gasteiger partial charge in [0.15, 0.2) is 21.5 Å². The molecule has 172 valence electrons. The molecule has 0 heterocycles. The minimum Gasteiger partial charge on any atom is -0.445 e. The molecule has 0 spiro atoms. The summed E-state index contributed by atoms with van der Waals surface area (Å²) in [6, 6.07) is 12.1. The Hall–Kier alpha value is -2.58. The van der Waals surface area contributed by atoms with Gasteiger partial charge in [-0.2, -0.15) is 5.26 Å². The molecule has 0 aliphatic rings. The predicted molar refractivity (Wildman–Crippen MR) is 115 cm³/mol. The van der Waals surface area contributed by atoms with Crippen molar-refractivity contribution in [1.29, 1.82) is 5.26 Å². The van der Waals surface area contributed by atoms with Gasteiger partial charge in [-0.05, 0) is 30.5 Å². The minimum atomic E-state index is -3.83. The molecule has 1 unspecified atom stereocenters.